The molecule has 0 aliphatic carbocycles. The summed E-state index contributed by atoms with van der Waals surface area (Å²) in [6, 6.07) is 12.6. The number of piperazine rings is 1. The van der Waals surface area contributed by atoms with Crippen LogP contribution in [0.15, 0.2) is 42.5 Å². The number of hydrogen-bond acceptors (Lipinski definition) is 11. The fourth-order valence-corrected chi connectivity index (χ4v) is 4.68. The molecule has 0 saturated carbocycles. The molecule has 1 saturated heterocycles. The average molecular weight is 552 g/mol. The second kappa shape index (κ2) is 13.4. The number of carbonyl (C=O) groups is 2. The lowest BCUT2D eigenvalue weighted by Gasteiger charge is -2.37. The Bertz CT molecular complexity index is 1330. The minimum absolute atomic E-state index is 0.0861. The number of carbonyl (C=O) groups excluding carboxylic acids is 2. The Balaban J connectivity index is 1.64. The lowest BCUT2D eigenvalue weighted by atomic mass is 10.0. The van der Waals surface area contributed by atoms with Crippen molar-refractivity contribution in [2.24, 2.45) is 11.6 Å². The number of pyridine rings is 1. The Labute approximate surface area is 233 Å². The predicted molar refractivity (Wildman–Crippen MR) is 152 cm³/mol. The van der Waals surface area contributed by atoms with Crippen LogP contribution in [0.1, 0.15) is 32.7 Å². The van der Waals surface area contributed by atoms with Crippen LogP contribution in [0.25, 0.3) is 10.9 Å². The van der Waals surface area contributed by atoms with Crippen molar-refractivity contribution in [2.45, 2.75) is 13.3 Å². The third-order valence-electron chi connectivity index (χ3n) is 6.88. The van der Waals surface area contributed by atoms with Gasteiger partial charge in [-0.25, -0.2) is 14.8 Å². The smallest absolute Gasteiger partial charge is 0.347 e. The Morgan fingerprint density at radius 1 is 1.10 bits per heavy atom. The number of hydrogen-bond donors (Lipinski definition) is 3. The average Bonchev–Trinajstić information content (AvgIpc) is 2.98. The van der Waals surface area contributed by atoms with E-state index in [9.17, 15) is 9.59 Å². The Kier molecular flexibility index (Phi) is 9.72. The van der Waals surface area contributed by atoms with Gasteiger partial charge in [0.25, 0.3) is 5.91 Å². The molecule has 1 aliphatic rings. The fraction of sp³-hybridized carbons (Fsp3) is 0.393. The molecule has 0 atom stereocenters. The second-order valence-corrected chi connectivity index (χ2v) is 9.53. The van der Waals surface area contributed by atoms with E-state index in [1.807, 2.05) is 44.2 Å². The molecule has 2 heterocycles. The molecule has 4 rings (SSSR count). The first-order chi connectivity index (χ1) is 19.4. The topological polar surface area (TPSA) is 149 Å². The van der Waals surface area contributed by atoms with Crippen LogP contribution in [0.2, 0.25) is 0 Å². The molecule has 40 heavy (non-hydrogen) atoms. The number of aromatic nitrogens is 1. The summed E-state index contributed by atoms with van der Waals surface area (Å²) in [5, 5.41) is 2.75. The van der Waals surface area contributed by atoms with Gasteiger partial charge in [0.2, 0.25) is 5.88 Å². The summed E-state index contributed by atoms with van der Waals surface area (Å²) >= 11 is 0. The maximum absolute atomic E-state index is 13.3. The van der Waals surface area contributed by atoms with Crippen molar-refractivity contribution in [1.29, 1.82) is 0 Å². The van der Waals surface area contributed by atoms with E-state index in [2.05, 4.69) is 10.3 Å². The zero-order chi connectivity index (χ0) is 28.6. The summed E-state index contributed by atoms with van der Waals surface area (Å²) in [7, 11) is 3.79. The number of nitrogens with one attached hydrogen (secondary N) is 1. The van der Waals surface area contributed by atoms with Crippen molar-refractivity contribution >= 4 is 28.5 Å². The molecule has 12 heteroatoms. The first kappa shape index (κ1) is 29.0. The van der Waals surface area contributed by atoms with Gasteiger partial charge in [0.05, 0.1) is 17.8 Å². The number of fused-ring (bicyclic) bond motifs is 1. The quantitative estimate of drug-likeness (QED) is 0.138. The van der Waals surface area contributed by atoms with E-state index in [-0.39, 0.29) is 24.1 Å². The molecule has 1 amide bonds. The van der Waals surface area contributed by atoms with Gasteiger partial charge in [-0.15, -0.1) is 0 Å². The normalized spacial score (nSPS) is 13.6. The van der Waals surface area contributed by atoms with E-state index >= 15 is 0 Å². The summed E-state index contributed by atoms with van der Waals surface area (Å²) < 4.78 is 11.4. The highest BCUT2D eigenvalue weighted by molar-refractivity contribution is 6.07. The number of ether oxygens (including phenoxy) is 2. The third kappa shape index (κ3) is 6.59. The molecule has 12 nitrogen and oxygen atoms in total. The number of nitrogens with zero attached hydrogens (tertiary/aromatic N) is 4. The van der Waals surface area contributed by atoms with Gasteiger partial charge in [0.1, 0.15) is 18.0 Å². The largest absolute Gasteiger partial charge is 0.477 e. The van der Waals surface area contributed by atoms with Crippen LogP contribution in [0, 0.1) is 6.92 Å². The standard InChI is InChI=1S/C28H37N7O5/c1-19-5-10-23-22(17-19)25(24(28(37)39-18-29)26(32-23)38-16-4-11-33(3)31-2)34-12-14-35(15-13-34)27(36)20-6-8-21(40-30)9-7-20/h5-10,17,31H,4,11-16,18,29-30H2,1-3H3. The first-order valence-electron chi connectivity index (χ1n) is 13.2. The van der Waals surface area contributed by atoms with Crippen LogP contribution >= 0.6 is 0 Å². The van der Waals surface area contributed by atoms with Crippen molar-refractivity contribution in [3.63, 3.8) is 0 Å². The molecule has 0 radical (unpaired) electrons. The molecular formula is C28H37N7O5. The number of amides is 1. The van der Waals surface area contributed by atoms with E-state index in [0.29, 0.717) is 61.7 Å². The van der Waals surface area contributed by atoms with Gasteiger partial charge in [0, 0.05) is 50.7 Å². The van der Waals surface area contributed by atoms with Crippen molar-refractivity contribution in [3.05, 3.63) is 59.2 Å². The van der Waals surface area contributed by atoms with Gasteiger partial charge in [-0.1, -0.05) is 11.6 Å². The van der Waals surface area contributed by atoms with Gasteiger partial charge in [-0.2, -0.15) is 5.90 Å². The summed E-state index contributed by atoms with van der Waals surface area (Å²) in [5.74, 6) is 5.19. The van der Waals surface area contributed by atoms with Crippen molar-refractivity contribution in [1.82, 2.24) is 20.3 Å². The van der Waals surface area contributed by atoms with Gasteiger partial charge in [-0.05, 0) is 56.8 Å². The Hall–Kier alpha value is -3.97. The maximum Gasteiger partial charge on any atom is 0.347 e. The molecule has 5 N–H and O–H groups in total. The lowest BCUT2D eigenvalue weighted by molar-refractivity contribution is 0.0509. The third-order valence-corrected chi connectivity index (χ3v) is 6.88. The van der Waals surface area contributed by atoms with E-state index in [0.717, 1.165) is 17.5 Å². The van der Waals surface area contributed by atoms with Crippen LogP contribution in [-0.4, -0.2) is 86.9 Å². The molecule has 0 spiro atoms. The van der Waals surface area contributed by atoms with Gasteiger partial charge in [-0.3, -0.25) is 16.0 Å². The second-order valence-electron chi connectivity index (χ2n) is 9.53. The summed E-state index contributed by atoms with van der Waals surface area (Å²) in [6.07, 6.45) is 0.713. The van der Waals surface area contributed by atoms with E-state index in [4.69, 9.17) is 30.9 Å². The fourth-order valence-electron chi connectivity index (χ4n) is 4.68. The summed E-state index contributed by atoms with van der Waals surface area (Å²) in [5.41, 5.74) is 11.8. The number of aryl methyl sites for hydroxylation is 1. The molecule has 1 fully saturated rings. The van der Waals surface area contributed by atoms with Crippen LogP contribution in [0.5, 0.6) is 11.6 Å². The van der Waals surface area contributed by atoms with Crippen molar-refractivity contribution < 1.29 is 23.9 Å². The number of esters is 1. The van der Waals surface area contributed by atoms with Crippen molar-refractivity contribution in [3.8, 4) is 11.6 Å². The summed E-state index contributed by atoms with van der Waals surface area (Å²) in [6.45, 7) is 4.74. The molecule has 0 unspecified atom stereocenters. The highest BCUT2D eigenvalue weighted by Gasteiger charge is 2.30. The van der Waals surface area contributed by atoms with Gasteiger partial charge < -0.3 is 24.1 Å². The number of hydrazine groups is 1. The molecular weight excluding hydrogens is 514 g/mol. The Morgan fingerprint density at radius 3 is 2.48 bits per heavy atom. The Morgan fingerprint density at radius 2 is 1.82 bits per heavy atom. The van der Waals surface area contributed by atoms with Crippen LogP contribution in [0.3, 0.4) is 0 Å². The number of nitrogens with two attached hydrogens (primary N) is 2. The SMILES string of the molecule is CNN(C)CCCOc1nc2ccc(C)cc2c(N2CCN(C(=O)c3ccc(ON)cc3)CC2)c1C(=O)OCN. The highest BCUT2D eigenvalue weighted by Crippen LogP contribution is 2.37. The zero-order valence-corrected chi connectivity index (χ0v) is 23.2. The van der Waals surface area contributed by atoms with Gasteiger partial charge in [0.15, 0.2) is 0 Å². The summed E-state index contributed by atoms with van der Waals surface area (Å²) in [4.78, 5) is 39.7. The van der Waals surface area contributed by atoms with Crippen LogP contribution < -0.4 is 31.5 Å². The number of rotatable bonds is 11. The minimum Gasteiger partial charge on any atom is -0.477 e. The molecule has 1 aliphatic heterocycles. The minimum atomic E-state index is -0.600. The van der Waals surface area contributed by atoms with Crippen LogP contribution in [-0.2, 0) is 4.74 Å². The molecule has 214 valence electrons. The molecule has 3 aromatic rings. The maximum atomic E-state index is 13.3. The number of anilines is 1. The molecule has 1 aromatic heterocycles. The van der Waals surface area contributed by atoms with E-state index in [1.165, 1.54) is 0 Å². The van der Waals surface area contributed by atoms with Crippen molar-refractivity contribution in [2.75, 3.05) is 65.1 Å². The lowest BCUT2D eigenvalue weighted by Crippen LogP contribution is -2.49. The molecule has 0 bridgehead atoms. The monoisotopic (exact) mass is 551 g/mol. The van der Waals surface area contributed by atoms with E-state index < -0.39 is 5.97 Å². The zero-order valence-electron chi connectivity index (χ0n) is 23.2. The van der Waals surface area contributed by atoms with E-state index in [1.54, 1.807) is 29.2 Å². The number of benzene rings is 2. The molecule has 2 aromatic carbocycles. The predicted octanol–water partition coefficient (Wildman–Crippen LogP) is 1.67. The highest BCUT2D eigenvalue weighted by atomic mass is 16.6. The van der Waals surface area contributed by atoms with Gasteiger partial charge >= 0.3 is 5.97 Å². The first-order valence-corrected chi connectivity index (χ1v) is 13.2. The van der Waals surface area contributed by atoms with Crippen LogP contribution in [0.4, 0.5) is 5.69 Å².